The van der Waals surface area contributed by atoms with E-state index in [0.29, 0.717) is 0 Å². The van der Waals surface area contributed by atoms with Gasteiger partial charge in [-0.05, 0) is 57.2 Å². The van der Waals surface area contributed by atoms with Gasteiger partial charge in [0.1, 0.15) is 0 Å². The maximum Gasteiger partial charge on any atom is 0.303 e. The summed E-state index contributed by atoms with van der Waals surface area (Å²) < 4.78 is 0. The van der Waals surface area contributed by atoms with E-state index in [2.05, 4.69) is 22.0 Å². The van der Waals surface area contributed by atoms with Crippen LogP contribution in [0.2, 0.25) is 0 Å². The van der Waals surface area contributed by atoms with Crippen LogP contribution in [0.3, 0.4) is 0 Å². The average molecular weight is 365 g/mol. The average Bonchev–Trinajstić information content (AvgIpc) is 3.03. The number of hydrogen-bond donors (Lipinski definition) is 1. The van der Waals surface area contributed by atoms with E-state index in [4.69, 9.17) is 10.1 Å². The predicted molar refractivity (Wildman–Crippen MR) is 105 cm³/mol. The van der Waals surface area contributed by atoms with E-state index in [-0.39, 0.29) is 11.8 Å². The normalized spacial score (nSPS) is 22.1. The van der Waals surface area contributed by atoms with Gasteiger partial charge >= 0.3 is 5.97 Å². The van der Waals surface area contributed by atoms with Gasteiger partial charge in [-0.2, -0.15) is 0 Å². The highest BCUT2D eigenvalue weighted by molar-refractivity contribution is 5.66. The van der Waals surface area contributed by atoms with Crippen LogP contribution in [0.1, 0.15) is 49.8 Å². The van der Waals surface area contributed by atoms with Crippen LogP contribution in [0.4, 0.5) is 0 Å². The Balaban J connectivity index is 1.51. The highest BCUT2D eigenvalue weighted by atomic mass is 16.4. The largest absolute Gasteiger partial charge is 0.481 e. The molecule has 0 saturated carbocycles. The lowest BCUT2D eigenvalue weighted by Crippen LogP contribution is -2.45. The fourth-order valence-corrected chi connectivity index (χ4v) is 4.69. The Labute approximate surface area is 160 Å². The monoisotopic (exact) mass is 365 g/mol. The first-order chi connectivity index (χ1) is 13.2. The summed E-state index contributed by atoms with van der Waals surface area (Å²) in [4.78, 5) is 22.9. The van der Waals surface area contributed by atoms with Crippen molar-refractivity contribution in [3.63, 3.8) is 0 Å². The second kappa shape index (κ2) is 7.77. The predicted octanol–water partition coefficient (Wildman–Crippen LogP) is 3.68. The Morgan fingerprint density at radius 2 is 2.04 bits per heavy atom. The molecule has 5 nitrogen and oxygen atoms in total. The first kappa shape index (κ1) is 18.1. The summed E-state index contributed by atoms with van der Waals surface area (Å²) in [5.41, 5.74) is 3.78. The first-order valence-corrected chi connectivity index (χ1v) is 10.0. The van der Waals surface area contributed by atoms with Crippen LogP contribution in [0.5, 0.6) is 0 Å². The molecule has 1 aromatic heterocycles. The standard InChI is InChI=1S/C22H27N3O2/c26-19(27)9-4-5-13-25-14-6-11-22(16-25)12-10-18-15-23-21(24-20(18)22)17-7-2-1-3-8-17/h1-3,7-8,15H,4-6,9-14,16H2,(H,26,27). The fraction of sp³-hybridized carbons (Fsp3) is 0.500. The molecule has 2 aromatic rings. The maximum absolute atomic E-state index is 10.7. The second-order valence-corrected chi connectivity index (χ2v) is 7.94. The van der Waals surface area contributed by atoms with Gasteiger partial charge in [-0.3, -0.25) is 4.79 Å². The van der Waals surface area contributed by atoms with E-state index < -0.39 is 5.97 Å². The molecule has 1 aromatic carbocycles. The Kier molecular flexibility index (Phi) is 5.21. The number of aliphatic carboxylic acids is 1. The van der Waals surface area contributed by atoms with Crippen molar-refractivity contribution in [2.75, 3.05) is 19.6 Å². The van der Waals surface area contributed by atoms with Crippen molar-refractivity contribution in [3.8, 4) is 11.4 Å². The molecule has 1 atom stereocenters. The molecule has 0 radical (unpaired) electrons. The smallest absolute Gasteiger partial charge is 0.303 e. The molecule has 5 heteroatoms. The van der Waals surface area contributed by atoms with Crippen molar-refractivity contribution in [2.45, 2.75) is 50.4 Å². The summed E-state index contributed by atoms with van der Waals surface area (Å²) in [7, 11) is 0. The van der Waals surface area contributed by atoms with Gasteiger partial charge < -0.3 is 10.0 Å². The zero-order valence-electron chi connectivity index (χ0n) is 15.7. The van der Waals surface area contributed by atoms with Gasteiger partial charge in [0.25, 0.3) is 0 Å². The minimum Gasteiger partial charge on any atom is -0.481 e. The van der Waals surface area contributed by atoms with Gasteiger partial charge in [0.2, 0.25) is 0 Å². The Morgan fingerprint density at radius 1 is 1.19 bits per heavy atom. The number of benzene rings is 1. The lowest BCUT2D eigenvalue weighted by atomic mass is 9.77. The Bertz CT molecular complexity index is 804. The SMILES string of the molecule is O=C(O)CCCCN1CCCC2(CCc3cnc(-c4ccccc4)nc32)C1. The zero-order valence-corrected chi connectivity index (χ0v) is 15.7. The minimum absolute atomic E-state index is 0.146. The van der Waals surface area contributed by atoms with E-state index in [1.807, 2.05) is 24.4 Å². The molecular formula is C22H27N3O2. The van der Waals surface area contributed by atoms with E-state index in [1.54, 1.807) is 0 Å². The fourth-order valence-electron chi connectivity index (χ4n) is 4.69. The Morgan fingerprint density at radius 3 is 2.85 bits per heavy atom. The van der Waals surface area contributed by atoms with Crippen molar-refractivity contribution in [2.24, 2.45) is 0 Å². The minimum atomic E-state index is -0.694. The quantitative estimate of drug-likeness (QED) is 0.791. The third-order valence-corrected chi connectivity index (χ3v) is 6.04. The number of hydrogen-bond acceptors (Lipinski definition) is 4. The highest BCUT2D eigenvalue weighted by Gasteiger charge is 2.43. The number of aromatic nitrogens is 2. The number of piperidine rings is 1. The molecule has 1 aliphatic carbocycles. The van der Waals surface area contributed by atoms with Gasteiger partial charge in [0.05, 0.1) is 5.69 Å². The molecule has 4 rings (SSSR count). The number of nitrogens with zero attached hydrogens (tertiary/aromatic N) is 3. The number of carboxylic acid groups (broad SMARTS) is 1. The lowest BCUT2D eigenvalue weighted by Gasteiger charge is -2.40. The van der Waals surface area contributed by atoms with Crippen LogP contribution in [0.15, 0.2) is 36.5 Å². The van der Waals surface area contributed by atoms with Gasteiger partial charge in [-0.15, -0.1) is 0 Å². The van der Waals surface area contributed by atoms with Crippen LogP contribution in [-0.2, 0) is 16.6 Å². The number of aryl methyl sites for hydroxylation is 1. The number of carbonyl (C=O) groups is 1. The topological polar surface area (TPSA) is 66.3 Å². The summed E-state index contributed by atoms with van der Waals surface area (Å²) in [6.07, 6.45) is 8.61. The summed E-state index contributed by atoms with van der Waals surface area (Å²) in [6, 6.07) is 10.2. The zero-order chi connectivity index (χ0) is 18.7. The van der Waals surface area contributed by atoms with E-state index >= 15 is 0 Å². The number of likely N-dealkylation sites (tertiary alicyclic amines) is 1. The van der Waals surface area contributed by atoms with Crippen LogP contribution in [-0.4, -0.2) is 45.6 Å². The number of rotatable bonds is 6. The number of fused-ring (bicyclic) bond motifs is 2. The molecule has 2 aliphatic rings. The van der Waals surface area contributed by atoms with Crippen LogP contribution in [0.25, 0.3) is 11.4 Å². The van der Waals surface area contributed by atoms with Gasteiger partial charge in [-0.1, -0.05) is 30.3 Å². The molecule has 27 heavy (non-hydrogen) atoms. The number of unbranched alkanes of at least 4 members (excludes halogenated alkanes) is 1. The molecule has 2 heterocycles. The summed E-state index contributed by atoms with van der Waals surface area (Å²) in [6.45, 7) is 3.14. The third kappa shape index (κ3) is 3.88. The van der Waals surface area contributed by atoms with Crippen LogP contribution in [0, 0.1) is 0 Å². The molecule has 1 aliphatic heterocycles. The van der Waals surface area contributed by atoms with Crippen molar-refractivity contribution < 1.29 is 9.90 Å². The molecule has 1 unspecified atom stereocenters. The molecule has 0 amide bonds. The summed E-state index contributed by atoms with van der Waals surface area (Å²) in [5.74, 6) is 0.134. The molecule has 0 bridgehead atoms. The molecular weight excluding hydrogens is 338 g/mol. The first-order valence-electron chi connectivity index (χ1n) is 10.0. The van der Waals surface area contributed by atoms with Gasteiger partial charge in [0, 0.05) is 30.1 Å². The van der Waals surface area contributed by atoms with Crippen molar-refractivity contribution in [3.05, 3.63) is 47.8 Å². The lowest BCUT2D eigenvalue weighted by molar-refractivity contribution is -0.137. The van der Waals surface area contributed by atoms with Gasteiger partial charge in [0.15, 0.2) is 5.82 Å². The second-order valence-electron chi connectivity index (χ2n) is 7.94. The highest BCUT2D eigenvalue weighted by Crippen LogP contribution is 2.44. The van der Waals surface area contributed by atoms with Gasteiger partial charge in [-0.25, -0.2) is 9.97 Å². The molecule has 1 fully saturated rings. The third-order valence-electron chi connectivity index (χ3n) is 6.04. The van der Waals surface area contributed by atoms with Crippen LogP contribution < -0.4 is 0 Å². The van der Waals surface area contributed by atoms with Crippen molar-refractivity contribution in [1.82, 2.24) is 14.9 Å². The summed E-state index contributed by atoms with van der Waals surface area (Å²) >= 11 is 0. The Hall–Kier alpha value is -2.27. The van der Waals surface area contributed by atoms with Crippen molar-refractivity contribution >= 4 is 5.97 Å². The van der Waals surface area contributed by atoms with E-state index in [0.717, 1.165) is 56.7 Å². The van der Waals surface area contributed by atoms with E-state index in [1.165, 1.54) is 24.1 Å². The maximum atomic E-state index is 10.7. The van der Waals surface area contributed by atoms with Crippen LogP contribution >= 0.6 is 0 Å². The molecule has 1 spiro atoms. The molecule has 1 N–H and O–H groups in total. The molecule has 1 saturated heterocycles. The van der Waals surface area contributed by atoms with Crippen molar-refractivity contribution in [1.29, 1.82) is 0 Å². The molecule has 142 valence electrons. The number of carboxylic acids is 1. The summed E-state index contributed by atoms with van der Waals surface area (Å²) in [5, 5.41) is 8.82. The van der Waals surface area contributed by atoms with E-state index in [9.17, 15) is 4.79 Å².